The van der Waals surface area contributed by atoms with Crippen molar-refractivity contribution in [1.82, 2.24) is 5.32 Å². The van der Waals surface area contributed by atoms with Gasteiger partial charge >= 0.3 is 0 Å². The number of hydrogen-bond acceptors (Lipinski definition) is 1. The van der Waals surface area contributed by atoms with Crippen molar-refractivity contribution in [2.75, 3.05) is 6.54 Å². The summed E-state index contributed by atoms with van der Waals surface area (Å²) in [5.41, 5.74) is 0.130. The first-order valence-corrected chi connectivity index (χ1v) is 5.71. The Morgan fingerprint density at radius 1 is 1.50 bits per heavy atom. The van der Waals surface area contributed by atoms with Crippen LogP contribution in [0.25, 0.3) is 0 Å². The van der Waals surface area contributed by atoms with Gasteiger partial charge in [-0.15, -0.1) is 0 Å². The van der Waals surface area contributed by atoms with Crippen molar-refractivity contribution in [3.8, 4) is 0 Å². The molecule has 16 heavy (non-hydrogen) atoms. The zero-order valence-corrected chi connectivity index (χ0v) is 9.37. The molecular formula is C13H16FNO. The molecule has 2 rings (SSSR count). The number of carbonyl (C=O) groups is 1. The van der Waals surface area contributed by atoms with Crippen molar-refractivity contribution < 1.29 is 9.18 Å². The SMILES string of the molecule is CC(CNC(=O)c1ccccc1F)C1CC1. The molecule has 1 N–H and O–H groups in total. The van der Waals surface area contributed by atoms with Gasteiger partial charge in [0.1, 0.15) is 5.82 Å². The number of halogens is 1. The Morgan fingerprint density at radius 3 is 2.81 bits per heavy atom. The summed E-state index contributed by atoms with van der Waals surface area (Å²) >= 11 is 0. The minimum Gasteiger partial charge on any atom is -0.352 e. The number of rotatable bonds is 4. The van der Waals surface area contributed by atoms with Gasteiger partial charge in [0.05, 0.1) is 5.56 Å². The lowest BCUT2D eigenvalue weighted by Gasteiger charge is -2.11. The van der Waals surface area contributed by atoms with E-state index in [2.05, 4.69) is 12.2 Å². The topological polar surface area (TPSA) is 29.1 Å². The highest BCUT2D eigenvalue weighted by atomic mass is 19.1. The maximum Gasteiger partial charge on any atom is 0.254 e. The second-order valence-electron chi connectivity index (χ2n) is 4.50. The largest absolute Gasteiger partial charge is 0.352 e. The number of hydrogen-bond donors (Lipinski definition) is 1. The molecule has 0 bridgehead atoms. The Hall–Kier alpha value is -1.38. The van der Waals surface area contributed by atoms with Gasteiger partial charge in [-0.2, -0.15) is 0 Å². The lowest BCUT2D eigenvalue weighted by atomic mass is 10.1. The van der Waals surface area contributed by atoms with Crippen LogP contribution in [0.5, 0.6) is 0 Å². The van der Waals surface area contributed by atoms with Crippen LogP contribution in [-0.4, -0.2) is 12.5 Å². The minimum absolute atomic E-state index is 0.130. The van der Waals surface area contributed by atoms with Crippen LogP contribution in [0.4, 0.5) is 4.39 Å². The van der Waals surface area contributed by atoms with Crippen molar-refractivity contribution in [3.63, 3.8) is 0 Å². The van der Waals surface area contributed by atoms with Gasteiger partial charge in [0.25, 0.3) is 5.91 Å². The van der Waals surface area contributed by atoms with E-state index in [9.17, 15) is 9.18 Å². The molecule has 0 saturated heterocycles. The van der Waals surface area contributed by atoms with Crippen LogP contribution in [0.15, 0.2) is 24.3 Å². The standard InChI is InChI=1S/C13H16FNO/c1-9(10-6-7-10)8-15-13(16)11-4-2-3-5-12(11)14/h2-5,9-10H,6-8H2,1H3,(H,15,16). The van der Waals surface area contributed by atoms with Crippen LogP contribution < -0.4 is 5.32 Å². The predicted octanol–water partition coefficient (Wildman–Crippen LogP) is 2.60. The highest BCUT2D eigenvalue weighted by Gasteiger charge is 2.28. The summed E-state index contributed by atoms with van der Waals surface area (Å²) in [6, 6.07) is 6.06. The quantitative estimate of drug-likeness (QED) is 0.832. The first-order valence-electron chi connectivity index (χ1n) is 5.71. The van der Waals surface area contributed by atoms with Gasteiger partial charge < -0.3 is 5.32 Å². The summed E-state index contributed by atoms with van der Waals surface area (Å²) in [4.78, 5) is 11.7. The van der Waals surface area contributed by atoms with Crippen molar-refractivity contribution in [2.24, 2.45) is 11.8 Å². The molecule has 86 valence electrons. The molecule has 1 aliphatic carbocycles. The number of nitrogens with one attached hydrogen (secondary N) is 1. The third kappa shape index (κ3) is 2.60. The Morgan fingerprint density at radius 2 is 2.19 bits per heavy atom. The van der Waals surface area contributed by atoms with Gasteiger partial charge in [-0.1, -0.05) is 19.1 Å². The number of amides is 1. The predicted molar refractivity (Wildman–Crippen MR) is 60.6 cm³/mol. The van der Waals surface area contributed by atoms with Crippen molar-refractivity contribution in [1.29, 1.82) is 0 Å². The molecule has 1 fully saturated rings. The summed E-state index contributed by atoms with van der Waals surface area (Å²) in [6.45, 7) is 2.76. The van der Waals surface area contributed by atoms with Crippen LogP contribution in [0.1, 0.15) is 30.1 Å². The second-order valence-corrected chi connectivity index (χ2v) is 4.50. The van der Waals surface area contributed by atoms with Crippen LogP contribution in [0, 0.1) is 17.7 Å². The van der Waals surface area contributed by atoms with E-state index in [0.29, 0.717) is 12.5 Å². The maximum atomic E-state index is 13.3. The summed E-state index contributed by atoms with van der Waals surface area (Å²) in [6.07, 6.45) is 2.52. The van der Waals surface area contributed by atoms with E-state index in [1.165, 1.54) is 25.0 Å². The highest BCUT2D eigenvalue weighted by molar-refractivity contribution is 5.94. The molecule has 1 aromatic rings. The molecule has 0 heterocycles. The molecule has 1 atom stereocenters. The fraction of sp³-hybridized carbons (Fsp3) is 0.462. The zero-order valence-electron chi connectivity index (χ0n) is 9.37. The third-order valence-electron chi connectivity index (χ3n) is 3.13. The van der Waals surface area contributed by atoms with E-state index in [4.69, 9.17) is 0 Å². The monoisotopic (exact) mass is 221 g/mol. The molecule has 0 radical (unpaired) electrons. The van der Waals surface area contributed by atoms with Gasteiger partial charge in [-0.3, -0.25) is 4.79 Å². The lowest BCUT2D eigenvalue weighted by molar-refractivity contribution is 0.0942. The van der Waals surface area contributed by atoms with Crippen molar-refractivity contribution in [2.45, 2.75) is 19.8 Å². The molecule has 1 unspecified atom stereocenters. The summed E-state index contributed by atoms with van der Waals surface area (Å²) in [7, 11) is 0. The molecule has 0 aliphatic heterocycles. The van der Waals surface area contributed by atoms with E-state index in [1.54, 1.807) is 12.1 Å². The molecule has 1 aromatic carbocycles. The molecule has 1 amide bonds. The second kappa shape index (κ2) is 4.64. The average Bonchev–Trinajstić information content (AvgIpc) is 3.10. The highest BCUT2D eigenvalue weighted by Crippen LogP contribution is 2.36. The fourth-order valence-electron chi connectivity index (χ4n) is 1.83. The van der Waals surface area contributed by atoms with Crippen LogP contribution in [0.2, 0.25) is 0 Å². The van der Waals surface area contributed by atoms with Gasteiger partial charge in [0.15, 0.2) is 0 Å². The Kier molecular flexibility index (Phi) is 3.22. The van der Waals surface area contributed by atoms with E-state index in [-0.39, 0.29) is 11.5 Å². The summed E-state index contributed by atoms with van der Waals surface area (Å²) < 4.78 is 13.3. The van der Waals surface area contributed by atoms with Crippen molar-refractivity contribution in [3.05, 3.63) is 35.6 Å². The Labute approximate surface area is 94.9 Å². The average molecular weight is 221 g/mol. The van der Waals surface area contributed by atoms with Crippen LogP contribution in [-0.2, 0) is 0 Å². The minimum atomic E-state index is -0.459. The normalized spacial score (nSPS) is 16.9. The van der Waals surface area contributed by atoms with Gasteiger partial charge in [-0.05, 0) is 36.8 Å². The first-order chi connectivity index (χ1) is 7.68. The van der Waals surface area contributed by atoms with Gasteiger partial charge in [0.2, 0.25) is 0 Å². The van der Waals surface area contributed by atoms with E-state index < -0.39 is 5.82 Å². The summed E-state index contributed by atoms with van der Waals surface area (Å²) in [5.74, 6) is 0.473. The lowest BCUT2D eigenvalue weighted by Crippen LogP contribution is -2.29. The van der Waals surface area contributed by atoms with Crippen LogP contribution >= 0.6 is 0 Å². The molecule has 0 aromatic heterocycles. The number of benzene rings is 1. The smallest absolute Gasteiger partial charge is 0.254 e. The molecule has 0 spiro atoms. The van der Waals surface area contributed by atoms with Gasteiger partial charge in [0, 0.05) is 6.54 Å². The Balaban J connectivity index is 1.90. The fourth-order valence-corrected chi connectivity index (χ4v) is 1.83. The maximum absolute atomic E-state index is 13.3. The van der Waals surface area contributed by atoms with E-state index in [0.717, 1.165) is 5.92 Å². The van der Waals surface area contributed by atoms with E-state index >= 15 is 0 Å². The molecule has 3 heteroatoms. The van der Waals surface area contributed by atoms with Crippen LogP contribution in [0.3, 0.4) is 0 Å². The van der Waals surface area contributed by atoms with E-state index in [1.807, 2.05) is 0 Å². The third-order valence-corrected chi connectivity index (χ3v) is 3.13. The number of carbonyl (C=O) groups excluding carboxylic acids is 1. The molecule has 1 saturated carbocycles. The zero-order chi connectivity index (χ0) is 11.5. The molecule has 1 aliphatic rings. The molecular weight excluding hydrogens is 205 g/mol. The summed E-state index contributed by atoms with van der Waals surface area (Å²) in [5, 5.41) is 2.78. The van der Waals surface area contributed by atoms with Crippen molar-refractivity contribution >= 4 is 5.91 Å². The molecule has 2 nitrogen and oxygen atoms in total. The van der Waals surface area contributed by atoms with Gasteiger partial charge in [-0.25, -0.2) is 4.39 Å². The first kappa shape index (κ1) is 11.1. The Bertz CT molecular complexity index is 387.